The second-order valence-electron chi connectivity index (χ2n) is 4.25. The first-order valence-electron chi connectivity index (χ1n) is 6.11. The van der Waals surface area contributed by atoms with E-state index in [0.29, 0.717) is 0 Å². The Labute approximate surface area is 106 Å². The molecule has 2 aromatic heterocycles. The quantitative estimate of drug-likeness (QED) is 0.848. The van der Waals surface area contributed by atoms with Gasteiger partial charge in [0.1, 0.15) is 12.1 Å². The summed E-state index contributed by atoms with van der Waals surface area (Å²) in [4.78, 5) is 15.0. The largest absolute Gasteiger partial charge is 0.354 e. The molecule has 0 unspecified atom stereocenters. The highest BCUT2D eigenvalue weighted by Crippen LogP contribution is 2.19. The molecule has 0 spiro atoms. The van der Waals surface area contributed by atoms with Gasteiger partial charge in [-0.15, -0.1) is 0 Å². The Balaban J connectivity index is 1.89. The number of nitrogens with one attached hydrogen (secondary N) is 1. The van der Waals surface area contributed by atoms with Crippen molar-refractivity contribution in [3.63, 3.8) is 0 Å². The van der Waals surface area contributed by atoms with Gasteiger partial charge in [-0.1, -0.05) is 6.07 Å². The summed E-state index contributed by atoms with van der Waals surface area (Å²) in [5.74, 6) is 1.03. The summed E-state index contributed by atoms with van der Waals surface area (Å²) in [6.45, 7) is 4.03. The SMILES string of the molecule is c1cc(-c2cncnc2)nc(N2CCNCC2)c1. The number of rotatable bonds is 2. The Morgan fingerprint density at radius 3 is 2.61 bits per heavy atom. The molecule has 0 radical (unpaired) electrons. The molecule has 3 heterocycles. The van der Waals surface area contributed by atoms with Gasteiger partial charge >= 0.3 is 0 Å². The van der Waals surface area contributed by atoms with Gasteiger partial charge < -0.3 is 10.2 Å². The standard InChI is InChI=1S/C13H15N5/c1-2-12(11-8-15-10-16-9-11)17-13(3-1)18-6-4-14-5-7-18/h1-3,8-10,14H,4-7H2. The van der Waals surface area contributed by atoms with Crippen LogP contribution in [0.3, 0.4) is 0 Å². The van der Waals surface area contributed by atoms with Crippen LogP contribution in [0.2, 0.25) is 0 Å². The number of anilines is 1. The van der Waals surface area contributed by atoms with Crippen molar-refractivity contribution in [1.82, 2.24) is 20.3 Å². The summed E-state index contributed by atoms with van der Waals surface area (Å²) in [6, 6.07) is 6.08. The highest BCUT2D eigenvalue weighted by Gasteiger charge is 2.12. The fourth-order valence-electron chi connectivity index (χ4n) is 2.09. The first-order valence-corrected chi connectivity index (χ1v) is 6.11. The van der Waals surface area contributed by atoms with Crippen molar-refractivity contribution in [3.05, 3.63) is 36.9 Å². The van der Waals surface area contributed by atoms with Gasteiger partial charge in [0, 0.05) is 44.1 Å². The minimum absolute atomic E-state index is 0.923. The summed E-state index contributed by atoms with van der Waals surface area (Å²) < 4.78 is 0. The van der Waals surface area contributed by atoms with Crippen LogP contribution >= 0.6 is 0 Å². The molecule has 0 aliphatic carbocycles. The molecule has 0 atom stereocenters. The van der Waals surface area contributed by atoms with Gasteiger partial charge in [-0.05, 0) is 12.1 Å². The first-order chi connectivity index (χ1) is 8.93. The van der Waals surface area contributed by atoms with Crippen molar-refractivity contribution >= 4 is 5.82 Å². The van der Waals surface area contributed by atoms with Crippen molar-refractivity contribution in [1.29, 1.82) is 0 Å². The van der Waals surface area contributed by atoms with Crippen LogP contribution in [0.5, 0.6) is 0 Å². The first kappa shape index (κ1) is 11.1. The lowest BCUT2D eigenvalue weighted by molar-refractivity contribution is 0.585. The Bertz CT molecular complexity index is 508. The van der Waals surface area contributed by atoms with E-state index in [1.54, 1.807) is 12.4 Å². The average Bonchev–Trinajstić information content (AvgIpc) is 2.49. The Morgan fingerprint density at radius 1 is 1.06 bits per heavy atom. The molecule has 5 nitrogen and oxygen atoms in total. The maximum absolute atomic E-state index is 4.68. The van der Waals surface area contributed by atoms with Gasteiger partial charge in [-0.25, -0.2) is 15.0 Å². The number of aromatic nitrogens is 3. The van der Waals surface area contributed by atoms with Gasteiger partial charge in [0.25, 0.3) is 0 Å². The number of hydrogen-bond donors (Lipinski definition) is 1. The lowest BCUT2D eigenvalue weighted by Crippen LogP contribution is -2.43. The summed E-state index contributed by atoms with van der Waals surface area (Å²) in [6.07, 6.45) is 5.11. The normalized spacial score (nSPS) is 15.7. The van der Waals surface area contributed by atoms with E-state index in [1.807, 2.05) is 12.1 Å². The van der Waals surface area contributed by atoms with Crippen LogP contribution in [0.4, 0.5) is 5.82 Å². The molecule has 0 amide bonds. The molecule has 1 aliphatic rings. The van der Waals surface area contributed by atoms with E-state index in [-0.39, 0.29) is 0 Å². The summed E-state index contributed by atoms with van der Waals surface area (Å²) in [5, 5.41) is 3.34. The van der Waals surface area contributed by atoms with E-state index in [1.165, 1.54) is 6.33 Å². The Morgan fingerprint density at radius 2 is 1.83 bits per heavy atom. The smallest absolute Gasteiger partial charge is 0.129 e. The van der Waals surface area contributed by atoms with Crippen LogP contribution < -0.4 is 10.2 Å². The molecule has 0 aromatic carbocycles. The van der Waals surface area contributed by atoms with Crippen molar-refractivity contribution in [2.24, 2.45) is 0 Å². The highest BCUT2D eigenvalue weighted by molar-refractivity contribution is 5.59. The molecule has 1 fully saturated rings. The van der Waals surface area contributed by atoms with Crippen molar-refractivity contribution in [2.75, 3.05) is 31.1 Å². The monoisotopic (exact) mass is 241 g/mol. The Kier molecular flexibility index (Phi) is 3.14. The number of pyridine rings is 1. The molecular weight excluding hydrogens is 226 g/mol. The fraction of sp³-hybridized carbons (Fsp3) is 0.308. The topological polar surface area (TPSA) is 53.9 Å². The van der Waals surface area contributed by atoms with Crippen LogP contribution in [0.25, 0.3) is 11.3 Å². The maximum atomic E-state index is 4.68. The van der Waals surface area contributed by atoms with Crippen LogP contribution in [0, 0.1) is 0 Å². The molecule has 0 bridgehead atoms. The van der Waals surface area contributed by atoms with E-state index >= 15 is 0 Å². The van der Waals surface area contributed by atoms with E-state index in [2.05, 4.69) is 31.2 Å². The second-order valence-corrected chi connectivity index (χ2v) is 4.25. The third-order valence-corrected chi connectivity index (χ3v) is 3.03. The van der Waals surface area contributed by atoms with Gasteiger partial charge in [0.15, 0.2) is 0 Å². The number of nitrogens with zero attached hydrogens (tertiary/aromatic N) is 4. The van der Waals surface area contributed by atoms with Crippen molar-refractivity contribution in [3.8, 4) is 11.3 Å². The minimum Gasteiger partial charge on any atom is -0.354 e. The molecular formula is C13H15N5. The molecule has 1 aliphatic heterocycles. The van der Waals surface area contributed by atoms with Crippen LogP contribution in [-0.2, 0) is 0 Å². The van der Waals surface area contributed by atoms with Crippen LogP contribution in [0.15, 0.2) is 36.9 Å². The number of hydrogen-bond acceptors (Lipinski definition) is 5. The summed E-state index contributed by atoms with van der Waals surface area (Å²) in [7, 11) is 0. The predicted octanol–water partition coefficient (Wildman–Crippen LogP) is 0.948. The lowest BCUT2D eigenvalue weighted by Gasteiger charge is -2.28. The van der Waals surface area contributed by atoms with Crippen LogP contribution in [-0.4, -0.2) is 41.1 Å². The highest BCUT2D eigenvalue weighted by atomic mass is 15.2. The Hall–Kier alpha value is -2.01. The van der Waals surface area contributed by atoms with E-state index < -0.39 is 0 Å². The predicted molar refractivity (Wildman–Crippen MR) is 70.3 cm³/mol. The molecule has 5 heteroatoms. The van der Waals surface area contributed by atoms with Crippen molar-refractivity contribution in [2.45, 2.75) is 0 Å². The van der Waals surface area contributed by atoms with Gasteiger partial charge in [-0.3, -0.25) is 0 Å². The zero-order valence-electron chi connectivity index (χ0n) is 10.1. The summed E-state index contributed by atoms with van der Waals surface area (Å²) >= 11 is 0. The zero-order chi connectivity index (χ0) is 12.2. The van der Waals surface area contributed by atoms with E-state index in [0.717, 1.165) is 43.3 Å². The van der Waals surface area contributed by atoms with Gasteiger partial charge in [-0.2, -0.15) is 0 Å². The molecule has 0 saturated carbocycles. The molecule has 1 saturated heterocycles. The fourth-order valence-corrected chi connectivity index (χ4v) is 2.09. The van der Waals surface area contributed by atoms with E-state index in [9.17, 15) is 0 Å². The lowest BCUT2D eigenvalue weighted by atomic mass is 10.2. The summed E-state index contributed by atoms with van der Waals surface area (Å²) in [5.41, 5.74) is 1.88. The third-order valence-electron chi connectivity index (χ3n) is 3.03. The second kappa shape index (κ2) is 5.10. The van der Waals surface area contributed by atoms with E-state index in [4.69, 9.17) is 0 Å². The maximum Gasteiger partial charge on any atom is 0.129 e. The average molecular weight is 241 g/mol. The van der Waals surface area contributed by atoms with Crippen molar-refractivity contribution < 1.29 is 0 Å². The van der Waals surface area contributed by atoms with Gasteiger partial charge in [0.05, 0.1) is 5.69 Å². The third kappa shape index (κ3) is 2.31. The molecule has 3 rings (SSSR count). The zero-order valence-corrected chi connectivity index (χ0v) is 10.1. The molecule has 1 N–H and O–H groups in total. The minimum atomic E-state index is 0.923. The van der Waals surface area contributed by atoms with Crippen LogP contribution in [0.1, 0.15) is 0 Å². The molecule has 2 aromatic rings. The molecule has 18 heavy (non-hydrogen) atoms. The molecule has 92 valence electrons. The van der Waals surface area contributed by atoms with Gasteiger partial charge in [0.2, 0.25) is 0 Å². The number of piperazine rings is 1.